The molecule has 102 valence electrons. The van der Waals surface area contributed by atoms with Gasteiger partial charge in [0.15, 0.2) is 0 Å². The van der Waals surface area contributed by atoms with Crippen LogP contribution in [0.5, 0.6) is 5.75 Å². The van der Waals surface area contributed by atoms with Crippen LogP contribution in [-0.2, 0) is 24.7 Å². The van der Waals surface area contributed by atoms with E-state index in [0.717, 1.165) is 5.56 Å². The first-order valence-electron chi connectivity index (χ1n) is 6.12. The Kier molecular flexibility index (Phi) is 3.46. The minimum absolute atomic E-state index is 0.445. The van der Waals surface area contributed by atoms with Crippen LogP contribution in [0.4, 0.5) is 0 Å². The molecule has 0 bridgehead atoms. The van der Waals surface area contributed by atoms with E-state index in [1.54, 1.807) is 6.07 Å². The number of hydrogen-bond acceptors (Lipinski definition) is 5. The molecular formula is C14H16O5. The highest BCUT2D eigenvalue weighted by Crippen LogP contribution is 2.46. The predicted molar refractivity (Wildman–Crippen MR) is 66.4 cm³/mol. The Balaban J connectivity index is 2.47. The van der Waals surface area contributed by atoms with E-state index in [1.165, 1.54) is 13.8 Å². The molecule has 2 atom stereocenters. The number of carbonyl (C=O) groups is 2. The second-order valence-corrected chi connectivity index (χ2v) is 4.39. The van der Waals surface area contributed by atoms with Crippen LogP contribution in [0.1, 0.15) is 32.8 Å². The van der Waals surface area contributed by atoms with Gasteiger partial charge in [-0.05, 0) is 12.5 Å². The molecule has 5 heteroatoms. The lowest BCUT2D eigenvalue weighted by Crippen LogP contribution is -2.44. The molecule has 1 aliphatic heterocycles. The highest BCUT2D eigenvalue weighted by atomic mass is 16.7. The Bertz CT molecular complexity index is 510. The Morgan fingerprint density at radius 1 is 1.26 bits per heavy atom. The molecule has 0 N–H and O–H groups in total. The SMILES string of the molecule is CC[C@@]1(OC(C)=O)c2ccccc2O[C@@H]1OC(C)=O. The average Bonchev–Trinajstić information content (AvgIpc) is 2.63. The first kappa shape index (κ1) is 13.4. The molecule has 0 radical (unpaired) electrons. The third kappa shape index (κ3) is 2.28. The zero-order valence-corrected chi connectivity index (χ0v) is 11.1. The summed E-state index contributed by atoms with van der Waals surface area (Å²) >= 11 is 0. The van der Waals surface area contributed by atoms with Crippen LogP contribution in [0.2, 0.25) is 0 Å². The standard InChI is InChI=1S/C14H16O5/c1-4-14(19-10(3)16)11-7-5-6-8-12(11)18-13(14)17-9(2)15/h5-8,13H,4H2,1-3H3/t13-,14+/m0/s1. The molecule has 1 aliphatic rings. The van der Waals surface area contributed by atoms with Gasteiger partial charge in [-0.25, -0.2) is 0 Å². The van der Waals surface area contributed by atoms with E-state index in [2.05, 4.69) is 0 Å². The molecular weight excluding hydrogens is 248 g/mol. The lowest BCUT2D eigenvalue weighted by atomic mass is 9.91. The monoisotopic (exact) mass is 264 g/mol. The van der Waals surface area contributed by atoms with E-state index in [9.17, 15) is 9.59 Å². The lowest BCUT2D eigenvalue weighted by molar-refractivity contribution is -0.212. The van der Waals surface area contributed by atoms with Gasteiger partial charge in [0.1, 0.15) is 5.75 Å². The van der Waals surface area contributed by atoms with Gasteiger partial charge in [0.25, 0.3) is 6.29 Å². The molecule has 0 unspecified atom stereocenters. The summed E-state index contributed by atoms with van der Waals surface area (Å²) in [4.78, 5) is 22.6. The molecule has 0 spiro atoms. The first-order valence-corrected chi connectivity index (χ1v) is 6.12. The van der Waals surface area contributed by atoms with Crippen molar-refractivity contribution in [2.24, 2.45) is 0 Å². The Morgan fingerprint density at radius 2 is 1.95 bits per heavy atom. The number of hydrogen-bond donors (Lipinski definition) is 0. The zero-order chi connectivity index (χ0) is 14.0. The molecule has 2 rings (SSSR count). The summed E-state index contributed by atoms with van der Waals surface area (Å²) in [6, 6.07) is 7.20. The summed E-state index contributed by atoms with van der Waals surface area (Å²) in [5.41, 5.74) is -0.354. The van der Waals surface area contributed by atoms with Gasteiger partial charge in [-0.3, -0.25) is 9.59 Å². The highest BCUT2D eigenvalue weighted by Gasteiger charge is 2.53. The maximum Gasteiger partial charge on any atom is 0.305 e. The average molecular weight is 264 g/mol. The number of para-hydroxylation sites is 1. The van der Waals surface area contributed by atoms with Crippen molar-refractivity contribution in [1.29, 1.82) is 0 Å². The summed E-state index contributed by atoms with van der Waals surface area (Å²) in [5.74, 6) is -0.362. The molecule has 0 aromatic heterocycles. The zero-order valence-electron chi connectivity index (χ0n) is 11.1. The molecule has 0 amide bonds. The van der Waals surface area contributed by atoms with E-state index in [1.807, 2.05) is 25.1 Å². The Labute approximate surface area is 111 Å². The van der Waals surface area contributed by atoms with Crippen molar-refractivity contribution >= 4 is 11.9 Å². The second-order valence-electron chi connectivity index (χ2n) is 4.39. The number of rotatable bonds is 3. The quantitative estimate of drug-likeness (QED) is 0.783. The van der Waals surface area contributed by atoms with Crippen molar-refractivity contribution in [3.05, 3.63) is 29.8 Å². The van der Waals surface area contributed by atoms with E-state index < -0.39 is 23.8 Å². The third-order valence-electron chi connectivity index (χ3n) is 3.08. The van der Waals surface area contributed by atoms with Gasteiger partial charge in [0.2, 0.25) is 5.60 Å². The van der Waals surface area contributed by atoms with Crippen LogP contribution in [0, 0.1) is 0 Å². The lowest BCUT2D eigenvalue weighted by Gasteiger charge is -2.31. The van der Waals surface area contributed by atoms with Crippen LogP contribution in [-0.4, -0.2) is 18.2 Å². The maximum absolute atomic E-state index is 11.4. The fourth-order valence-electron chi connectivity index (χ4n) is 2.32. The van der Waals surface area contributed by atoms with E-state index >= 15 is 0 Å². The molecule has 1 aromatic rings. The van der Waals surface area contributed by atoms with Crippen molar-refractivity contribution in [2.75, 3.05) is 0 Å². The molecule has 1 heterocycles. The number of esters is 2. The van der Waals surface area contributed by atoms with Crippen LogP contribution in [0.3, 0.4) is 0 Å². The van der Waals surface area contributed by atoms with Crippen molar-refractivity contribution < 1.29 is 23.8 Å². The fourth-order valence-corrected chi connectivity index (χ4v) is 2.32. The minimum Gasteiger partial charge on any atom is -0.450 e. The minimum atomic E-state index is -1.08. The Hall–Kier alpha value is -2.04. The van der Waals surface area contributed by atoms with Gasteiger partial charge in [-0.1, -0.05) is 25.1 Å². The van der Waals surface area contributed by atoms with Gasteiger partial charge in [0, 0.05) is 19.4 Å². The van der Waals surface area contributed by atoms with E-state index in [4.69, 9.17) is 14.2 Å². The van der Waals surface area contributed by atoms with Crippen LogP contribution < -0.4 is 4.74 Å². The highest BCUT2D eigenvalue weighted by molar-refractivity contribution is 5.68. The maximum atomic E-state index is 11.4. The molecule has 0 saturated heterocycles. The van der Waals surface area contributed by atoms with Gasteiger partial charge in [-0.2, -0.15) is 0 Å². The number of benzene rings is 1. The third-order valence-corrected chi connectivity index (χ3v) is 3.08. The number of ether oxygens (including phenoxy) is 3. The largest absolute Gasteiger partial charge is 0.450 e. The van der Waals surface area contributed by atoms with Crippen LogP contribution in [0.25, 0.3) is 0 Å². The molecule has 0 aliphatic carbocycles. The smallest absolute Gasteiger partial charge is 0.305 e. The van der Waals surface area contributed by atoms with Gasteiger partial charge >= 0.3 is 11.9 Å². The normalized spacial score (nSPS) is 24.3. The first-order chi connectivity index (χ1) is 8.99. The number of carbonyl (C=O) groups excluding carboxylic acids is 2. The van der Waals surface area contributed by atoms with Gasteiger partial charge < -0.3 is 14.2 Å². The van der Waals surface area contributed by atoms with Gasteiger partial charge in [-0.15, -0.1) is 0 Å². The van der Waals surface area contributed by atoms with Crippen LogP contribution >= 0.6 is 0 Å². The molecule has 0 fully saturated rings. The summed E-state index contributed by atoms with van der Waals surface area (Å²) in [7, 11) is 0. The summed E-state index contributed by atoms with van der Waals surface area (Å²) in [6.45, 7) is 4.47. The molecule has 1 aromatic carbocycles. The van der Waals surface area contributed by atoms with E-state index in [-0.39, 0.29) is 0 Å². The Morgan fingerprint density at radius 3 is 2.53 bits per heavy atom. The fraction of sp³-hybridized carbons (Fsp3) is 0.429. The summed E-state index contributed by atoms with van der Waals surface area (Å²) in [5, 5.41) is 0. The van der Waals surface area contributed by atoms with E-state index in [0.29, 0.717) is 12.2 Å². The summed E-state index contributed by atoms with van der Waals surface area (Å²) in [6.07, 6.45) is -0.502. The summed E-state index contributed by atoms with van der Waals surface area (Å²) < 4.78 is 16.2. The number of fused-ring (bicyclic) bond motifs is 1. The van der Waals surface area contributed by atoms with Crippen molar-refractivity contribution in [3.8, 4) is 5.75 Å². The predicted octanol–water partition coefficient (Wildman–Crippen LogP) is 2.14. The van der Waals surface area contributed by atoms with Crippen molar-refractivity contribution in [3.63, 3.8) is 0 Å². The van der Waals surface area contributed by atoms with Crippen molar-refractivity contribution in [2.45, 2.75) is 39.1 Å². The van der Waals surface area contributed by atoms with Gasteiger partial charge in [0.05, 0.1) is 0 Å². The topological polar surface area (TPSA) is 61.8 Å². The molecule has 19 heavy (non-hydrogen) atoms. The van der Waals surface area contributed by atoms with Crippen LogP contribution in [0.15, 0.2) is 24.3 Å². The molecule has 0 saturated carbocycles. The van der Waals surface area contributed by atoms with Crippen molar-refractivity contribution in [1.82, 2.24) is 0 Å². The molecule has 5 nitrogen and oxygen atoms in total. The second kappa shape index (κ2) is 4.91.